The Labute approximate surface area is 128 Å². The number of rotatable bonds is 0. The van der Waals surface area contributed by atoms with Gasteiger partial charge in [0.1, 0.15) is 0 Å². The Hall–Kier alpha value is -0.830. The molecule has 2 aromatic rings. The van der Waals surface area contributed by atoms with E-state index in [-0.39, 0.29) is 0 Å². The molecule has 0 nitrogen and oxygen atoms in total. The summed E-state index contributed by atoms with van der Waals surface area (Å²) in [5.74, 6) is 0. The molecule has 0 bridgehead atoms. The van der Waals surface area contributed by atoms with Crippen molar-refractivity contribution < 1.29 is 0 Å². The Morgan fingerprint density at radius 1 is 0.842 bits per heavy atom. The summed E-state index contributed by atoms with van der Waals surface area (Å²) in [5.41, 5.74) is 9.45. The Morgan fingerprint density at radius 3 is 2.68 bits per heavy atom. The Balaban J connectivity index is 1.95. The third kappa shape index (κ3) is 1.85. The molecule has 96 valence electrons. The molecular formula is C18H17I. The van der Waals surface area contributed by atoms with Crippen molar-refractivity contribution >= 4 is 22.6 Å². The lowest BCUT2D eigenvalue weighted by Crippen LogP contribution is -2.13. The van der Waals surface area contributed by atoms with Crippen LogP contribution in [-0.2, 0) is 19.3 Å². The number of hydrogen-bond donors (Lipinski definition) is 0. The van der Waals surface area contributed by atoms with E-state index in [1.807, 2.05) is 0 Å². The van der Waals surface area contributed by atoms with Gasteiger partial charge in [0.15, 0.2) is 0 Å². The lowest BCUT2D eigenvalue weighted by Gasteiger charge is -2.29. The van der Waals surface area contributed by atoms with E-state index in [2.05, 4.69) is 59.0 Å². The van der Waals surface area contributed by atoms with E-state index in [1.165, 1.54) is 48.8 Å². The van der Waals surface area contributed by atoms with Crippen LogP contribution in [0, 0.1) is 0 Å². The zero-order valence-corrected chi connectivity index (χ0v) is 13.1. The molecule has 0 aromatic heterocycles. The molecule has 0 aliphatic heterocycles. The van der Waals surface area contributed by atoms with Gasteiger partial charge >= 0.3 is 0 Å². The average Bonchev–Trinajstić information content (AvgIpc) is 2.47. The van der Waals surface area contributed by atoms with Gasteiger partial charge in [-0.05, 0) is 65.5 Å². The second-order valence-corrected chi connectivity index (χ2v) is 7.18. The molecule has 2 aliphatic rings. The van der Waals surface area contributed by atoms with Crippen molar-refractivity contribution in [1.29, 1.82) is 0 Å². The van der Waals surface area contributed by atoms with Gasteiger partial charge in [-0.15, -0.1) is 0 Å². The first-order valence-electron chi connectivity index (χ1n) is 7.21. The lowest BCUT2D eigenvalue weighted by atomic mass is 9.78. The number of alkyl halides is 1. The summed E-state index contributed by atoms with van der Waals surface area (Å²) in [4.78, 5) is 0. The predicted octanol–water partition coefficient (Wildman–Crippen LogP) is 5.26. The molecule has 0 spiro atoms. The first-order valence-corrected chi connectivity index (χ1v) is 8.46. The number of halogens is 1. The van der Waals surface area contributed by atoms with Crippen molar-refractivity contribution in [2.24, 2.45) is 0 Å². The summed E-state index contributed by atoms with van der Waals surface area (Å²) >= 11 is 2.62. The molecule has 1 atom stereocenters. The lowest BCUT2D eigenvalue weighted by molar-refractivity contribution is 0.679. The molecule has 2 aromatic carbocycles. The minimum Gasteiger partial charge on any atom is -0.0774 e. The maximum atomic E-state index is 2.62. The van der Waals surface area contributed by atoms with Gasteiger partial charge in [0, 0.05) is 3.92 Å². The molecule has 2 aliphatic carbocycles. The first kappa shape index (κ1) is 12.0. The smallest absolute Gasteiger partial charge is 0.0362 e. The fourth-order valence-electron chi connectivity index (χ4n) is 3.71. The summed E-state index contributed by atoms with van der Waals surface area (Å²) in [6, 6.07) is 13.7. The zero-order valence-electron chi connectivity index (χ0n) is 11.0. The van der Waals surface area contributed by atoms with E-state index in [4.69, 9.17) is 0 Å². The van der Waals surface area contributed by atoms with Gasteiger partial charge in [0.2, 0.25) is 0 Å². The summed E-state index contributed by atoms with van der Waals surface area (Å²) in [5, 5.41) is 0. The van der Waals surface area contributed by atoms with E-state index in [0.29, 0.717) is 0 Å². The van der Waals surface area contributed by atoms with Crippen LogP contribution in [0.15, 0.2) is 36.4 Å². The molecule has 0 heterocycles. The quantitative estimate of drug-likeness (QED) is 0.444. The maximum absolute atomic E-state index is 2.62. The topological polar surface area (TPSA) is 0 Å². The largest absolute Gasteiger partial charge is 0.0774 e. The molecule has 0 saturated heterocycles. The highest BCUT2D eigenvalue weighted by Gasteiger charge is 2.24. The van der Waals surface area contributed by atoms with Crippen LogP contribution in [0.1, 0.15) is 39.0 Å². The third-order valence-electron chi connectivity index (χ3n) is 4.64. The minimum atomic E-state index is 0.726. The van der Waals surface area contributed by atoms with Crippen LogP contribution in [0.25, 0.3) is 11.1 Å². The molecular weight excluding hydrogens is 343 g/mol. The summed E-state index contributed by atoms with van der Waals surface area (Å²) in [6.45, 7) is 0. The van der Waals surface area contributed by atoms with Crippen molar-refractivity contribution in [3.63, 3.8) is 0 Å². The number of benzene rings is 2. The molecule has 4 rings (SSSR count). The second kappa shape index (κ2) is 4.62. The Bertz CT molecular complexity index is 642. The van der Waals surface area contributed by atoms with Crippen LogP contribution < -0.4 is 0 Å². The van der Waals surface area contributed by atoms with Gasteiger partial charge in [-0.3, -0.25) is 0 Å². The van der Waals surface area contributed by atoms with Crippen LogP contribution in [-0.4, -0.2) is 0 Å². The minimum absolute atomic E-state index is 0.726. The normalized spacial score (nSPS) is 20.4. The second-order valence-electron chi connectivity index (χ2n) is 5.68. The van der Waals surface area contributed by atoms with E-state index >= 15 is 0 Å². The number of aryl methyl sites for hydroxylation is 1. The van der Waals surface area contributed by atoms with Gasteiger partial charge in [0.05, 0.1) is 0 Å². The van der Waals surface area contributed by atoms with Crippen LogP contribution in [0.5, 0.6) is 0 Å². The Morgan fingerprint density at radius 2 is 1.74 bits per heavy atom. The van der Waals surface area contributed by atoms with E-state index < -0.39 is 0 Å². The molecule has 19 heavy (non-hydrogen) atoms. The van der Waals surface area contributed by atoms with Gasteiger partial charge in [-0.25, -0.2) is 0 Å². The summed E-state index contributed by atoms with van der Waals surface area (Å²) < 4.78 is 0.726. The highest BCUT2D eigenvalue weighted by atomic mass is 127. The van der Waals surface area contributed by atoms with Crippen LogP contribution in [0.4, 0.5) is 0 Å². The third-order valence-corrected chi connectivity index (χ3v) is 5.93. The number of hydrogen-bond acceptors (Lipinski definition) is 0. The van der Waals surface area contributed by atoms with Crippen molar-refractivity contribution in [2.45, 2.75) is 36.0 Å². The fraction of sp³-hybridized carbons (Fsp3) is 0.333. The monoisotopic (exact) mass is 360 g/mol. The fourth-order valence-corrected chi connectivity index (χ4v) is 4.74. The Kier molecular flexibility index (Phi) is 2.91. The van der Waals surface area contributed by atoms with E-state index in [1.54, 1.807) is 16.7 Å². The van der Waals surface area contributed by atoms with Crippen molar-refractivity contribution in [1.82, 2.24) is 0 Å². The van der Waals surface area contributed by atoms with E-state index in [0.717, 1.165) is 3.92 Å². The van der Waals surface area contributed by atoms with Crippen LogP contribution in [0.2, 0.25) is 0 Å². The van der Waals surface area contributed by atoms with Gasteiger partial charge < -0.3 is 0 Å². The molecule has 1 unspecified atom stereocenters. The highest BCUT2D eigenvalue weighted by Crippen LogP contribution is 2.43. The highest BCUT2D eigenvalue weighted by molar-refractivity contribution is 14.1. The van der Waals surface area contributed by atoms with Gasteiger partial charge in [-0.2, -0.15) is 0 Å². The van der Waals surface area contributed by atoms with E-state index in [9.17, 15) is 0 Å². The van der Waals surface area contributed by atoms with Crippen molar-refractivity contribution in [3.05, 3.63) is 58.7 Å². The molecule has 0 N–H and O–H groups in total. The average molecular weight is 360 g/mol. The maximum Gasteiger partial charge on any atom is 0.0362 e. The summed E-state index contributed by atoms with van der Waals surface area (Å²) in [6.07, 6.45) is 6.45. The standard InChI is InChI=1S/C18H17I/c19-18-7-3-6-14-16-9-8-12-4-1-2-5-13(12)15(16)10-11-17(14)18/h1-2,4-5,10-11,18H,3,6-9H2. The molecule has 0 radical (unpaired) electrons. The SMILES string of the molecule is IC1CCCc2c1ccc1c2CCc2ccccc2-1. The molecule has 0 saturated carbocycles. The van der Waals surface area contributed by atoms with Crippen LogP contribution in [0.3, 0.4) is 0 Å². The number of fused-ring (bicyclic) bond motifs is 5. The van der Waals surface area contributed by atoms with Crippen molar-refractivity contribution in [3.8, 4) is 11.1 Å². The molecule has 0 fully saturated rings. The molecule has 1 heteroatoms. The summed E-state index contributed by atoms with van der Waals surface area (Å²) in [7, 11) is 0. The van der Waals surface area contributed by atoms with Gasteiger partial charge in [0.25, 0.3) is 0 Å². The first-order chi connectivity index (χ1) is 9.34. The van der Waals surface area contributed by atoms with Gasteiger partial charge in [-0.1, -0.05) is 59.0 Å². The zero-order chi connectivity index (χ0) is 12.8. The molecule has 0 amide bonds. The van der Waals surface area contributed by atoms with Crippen LogP contribution >= 0.6 is 22.6 Å². The van der Waals surface area contributed by atoms with Crippen molar-refractivity contribution in [2.75, 3.05) is 0 Å². The predicted molar refractivity (Wildman–Crippen MR) is 89.0 cm³/mol.